The van der Waals surface area contributed by atoms with Crippen molar-refractivity contribution < 1.29 is 14.7 Å². The first kappa shape index (κ1) is 22.7. The van der Waals surface area contributed by atoms with Gasteiger partial charge in [0, 0.05) is 12.8 Å². The summed E-state index contributed by atoms with van der Waals surface area (Å²) in [6.45, 7) is 2.17. The Morgan fingerprint density at radius 1 is 0.941 bits per heavy atom. The number of aromatic carboxylic acids is 1. The van der Waals surface area contributed by atoms with Gasteiger partial charge in [0.15, 0.2) is 0 Å². The molecule has 4 aromatic rings. The van der Waals surface area contributed by atoms with Gasteiger partial charge in [0.05, 0.1) is 12.1 Å². The molecule has 0 aliphatic rings. The molecule has 0 fully saturated rings. The highest BCUT2D eigenvalue weighted by atomic mass is 16.4. The molecular weight excluding hydrogens is 426 g/mol. The zero-order chi connectivity index (χ0) is 23.9. The van der Waals surface area contributed by atoms with Crippen LogP contribution in [0.4, 0.5) is 0 Å². The zero-order valence-corrected chi connectivity index (χ0v) is 18.7. The summed E-state index contributed by atoms with van der Waals surface area (Å²) < 4.78 is 1.56. The zero-order valence-electron chi connectivity index (χ0n) is 18.7. The minimum absolute atomic E-state index is 0.101. The van der Waals surface area contributed by atoms with Crippen molar-refractivity contribution in [1.82, 2.24) is 14.8 Å². The third-order valence-corrected chi connectivity index (χ3v) is 5.24. The fourth-order valence-electron chi connectivity index (χ4n) is 3.60. The Hall–Kier alpha value is -4.50. The van der Waals surface area contributed by atoms with Crippen molar-refractivity contribution in [2.24, 2.45) is 0 Å². The number of carbonyl (C=O) groups is 2. The fourth-order valence-corrected chi connectivity index (χ4v) is 3.60. The second kappa shape index (κ2) is 10.4. The molecule has 0 aliphatic heterocycles. The van der Waals surface area contributed by atoms with Gasteiger partial charge >= 0.3 is 5.97 Å². The third-order valence-electron chi connectivity index (χ3n) is 5.24. The molecule has 0 radical (unpaired) electrons. The summed E-state index contributed by atoms with van der Waals surface area (Å²) in [7, 11) is 0. The number of carboxylic acid groups (broad SMARTS) is 1. The van der Waals surface area contributed by atoms with Gasteiger partial charge in [-0.05, 0) is 34.2 Å². The van der Waals surface area contributed by atoms with E-state index in [4.69, 9.17) is 0 Å². The van der Waals surface area contributed by atoms with Gasteiger partial charge in [-0.2, -0.15) is 4.98 Å². The van der Waals surface area contributed by atoms with Gasteiger partial charge in [-0.3, -0.25) is 4.79 Å². The maximum atomic E-state index is 12.8. The Morgan fingerprint density at radius 2 is 1.65 bits per heavy atom. The van der Waals surface area contributed by atoms with Gasteiger partial charge in [-0.25, -0.2) is 9.48 Å². The molecule has 1 N–H and O–H groups in total. The molecule has 0 spiro atoms. The van der Waals surface area contributed by atoms with Crippen molar-refractivity contribution in [3.05, 3.63) is 107 Å². The molecule has 1 aromatic heterocycles. The predicted octanol–water partition coefficient (Wildman–Crippen LogP) is 4.88. The highest BCUT2D eigenvalue weighted by Crippen LogP contribution is 2.25. The lowest BCUT2D eigenvalue weighted by Crippen LogP contribution is -2.09. The first-order chi connectivity index (χ1) is 16.5. The van der Waals surface area contributed by atoms with Crippen LogP contribution in [0.5, 0.6) is 0 Å². The minimum Gasteiger partial charge on any atom is -0.478 e. The lowest BCUT2D eigenvalue weighted by molar-refractivity contribution is 0.0697. The van der Waals surface area contributed by atoms with Crippen molar-refractivity contribution in [3.63, 3.8) is 0 Å². The van der Waals surface area contributed by atoms with Crippen molar-refractivity contribution in [3.8, 4) is 23.0 Å². The van der Waals surface area contributed by atoms with Crippen LogP contribution in [0.25, 0.3) is 11.1 Å². The van der Waals surface area contributed by atoms with E-state index in [-0.39, 0.29) is 30.1 Å². The number of aromatic nitrogens is 3. The average Bonchev–Trinajstić information content (AvgIpc) is 3.26. The topological polar surface area (TPSA) is 85.1 Å². The molecule has 0 saturated heterocycles. The van der Waals surface area contributed by atoms with Crippen molar-refractivity contribution in [2.75, 3.05) is 0 Å². The lowest BCUT2D eigenvalue weighted by Gasteiger charge is -2.10. The summed E-state index contributed by atoms with van der Waals surface area (Å²) in [5.74, 6) is 5.21. The van der Waals surface area contributed by atoms with Crippen LogP contribution < -0.4 is 0 Å². The number of hydrogen-bond donors (Lipinski definition) is 1. The Kier molecular flexibility index (Phi) is 6.95. The van der Waals surface area contributed by atoms with Gasteiger partial charge in [-0.15, -0.1) is 5.10 Å². The van der Waals surface area contributed by atoms with Crippen LogP contribution in [-0.2, 0) is 13.0 Å². The third kappa shape index (κ3) is 5.28. The van der Waals surface area contributed by atoms with Crippen LogP contribution in [0.2, 0.25) is 0 Å². The van der Waals surface area contributed by atoms with Crippen LogP contribution in [0.1, 0.15) is 51.3 Å². The minimum atomic E-state index is -1.01. The summed E-state index contributed by atoms with van der Waals surface area (Å²) in [4.78, 5) is 29.1. The molecule has 34 heavy (non-hydrogen) atoms. The molecule has 0 aliphatic carbocycles. The summed E-state index contributed by atoms with van der Waals surface area (Å²) in [5.41, 5.74) is 3.28. The number of nitrogens with zero attached hydrogens (tertiary/aromatic N) is 3. The van der Waals surface area contributed by atoms with Crippen molar-refractivity contribution >= 4 is 11.8 Å². The van der Waals surface area contributed by atoms with E-state index in [1.807, 2.05) is 73.7 Å². The highest BCUT2D eigenvalue weighted by Gasteiger charge is 2.18. The first-order valence-corrected chi connectivity index (χ1v) is 11.0. The van der Waals surface area contributed by atoms with E-state index in [0.717, 1.165) is 16.7 Å². The van der Waals surface area contributed by atoms with Gasteiger partial charge in [0.25, 0.3) is 0 Å². The molecule has 0 atom stereocenters. The monoisotopic (exact) mass is 449 g/mol. The molecule has 3 aromatic carbocycles. The van der Waals surface area contributed by atoms with Crippen LogP contribution >= 0.6 is 0 Å². The van der Waals surface area contributed by atoms with E-state index < -0.39 is 5.97 Å². The van der Waals surface area contributed by atoms with Gasteiger partial charge in [-0.1, -0.05) is 85.6 Å². The molecule has 1 heterocycles. The van der Waals surface area contributed by atoms with Crippen molar-refractivity contribution in [1.29, 1.82) is 0 Å². The molecule has 0 unspecified atom stereocenters. The second-order valence-electron chi connectivity index (χ2n) is 7.71. The number of carboxylic acids is 1. The van der Waals surface area contributed by atoms with E-state index in [2.05, 4.69) is 21.9 Å². The van der Waals surface area contributed by atoms with Crippen LogP contribution in [-0.4, -0.2) is 31.6 Å². The molecule has 6 heteroatoms. The molecule has 168 valence electrons. The fraction of sp³-hybridized carbons (Fsp3) is 0.143. The number of ketones is 1. The van der Waals surface area contributed by atoms with E-state index in [1.165, 1.54) is 0 Å². The van der Waals surface area contributed by atoms with Gasteiger partial charge in [0.2, 0.25) is 17.4 Å². The predicted molar refractivity (Wildman–Crippen MR) is 130 cm³/mol. The molecule has 6 nitrogen and oxygen atoms in total. The van der Waals surface area contributed by atoms with E-state index in [0.29, 0.717) is 17.8 Å². The summed E-state index contributed by atoms with van der Waals surface area (Å²) in [5, 5.41) is 14.2. The van der Waals surface area contributed by atoms with Crippen LogP contribution in [0.3, 0.4) is 0 Å². The largest absolute Gasteiger partial charge is 0.478 e. The number of hydrogen-bond acceptors (Lipinski definition) is 4. The molecule has 0 bridgehead atoms. The normalized spacial score (nSPS) is 10.4. The Morgan fingerprint density at radius 3 is 2.32 bits per heavy atom. The summed E-state index contributed by atoms with van der Waals surface area (Å²) in [6.07, 6.45) is 0.829. The van der Waals surface area contributed by atoms with E-state index in [1.54, 1.807) is 16.8 Å². The Balaban J connectivity index is 1.65. The molecule has 4 rings (SSSR count). The summed E-state index contributed by atoms with van der Waals surface area (Å²) in [6, 6.07) is 24.1. The molecule has 0 saturated carbocycles. The van der Waals surface area contributed by atoms with E-state index in [9.17, 15) is 14.7 Å². The maximum Gasteiger partial charge on any atom is 0.336 e. The van der Waals surface area contributed by atoms with Crippen molar-refractivity contribution in [2.45, 2.75) is 26.3 Å². The Labute approximate surface area is 197 Å². The first-order valence-electron chi connectivity index (χ1n) is 11.0. The van der Waals surface area contributed by atoms with Crippen LogP contribution in [0, 0.1) is 11.8 Å². The number of benzene rings is 3. The molecule has 0 amide bonds. The van der Waals surface area contributed by atoms with Gasteiger partial charge < -0.3 is 5.11 Å². The number of Topliss-reactive ketones (excluding diaryl/α,β-unsaturated/α-hetero) is 1. The lowest BCUT2D eigenvalue weighted by atomic mass is 9.97. The van der Waals surface area contributed by atoms with Crippen LogP contribution in [0.15, 0.2) is 78.9 Å². The van der Waals surface area contributed by atoms with E-state index >= 15 is 0 Å². The quantitative estimate of drug-likeness (QED) is 0.321. The maximum absolute atomic E-state index is 12.8. The van der Waals surface area contributed by atoms with Gasteiger partial charge in [0.1, 0.15) is 0 Å². The Bertz CT molecular complexity index is 1380. The smallest absolute Gasteiger partial charge is 0.336 e. The SMILES string of the molecule is CCC#Cc1nc(C(=O)Cc2ccccc2)nn1Cc1ccc(-c2ccccc2)c(C(=O)O)c1. The number of rotatable bonds is 7. The number of carbonyl (C=O) groups excluding carboxylic acids is 1. The average molecular weight is 450 g/mol. The standard InChI is InChI=1S/C28H23N3O3/c1-2-3-14-26-29-27(25(32)18-20-10-6-4-7-11-20)30-31(26)19-21-15-16-23(24(17-21)28(33)34)22-12-8-5-9-13-22/h4-13,15-17H,2,18-19H2,1H3,(H,33,34). The summed E-state index contributed by atoms with van der Waals surface area (Å²) >= 11 is 0. The second-order valence-corrected chi connectivity index (χ2v) is 7.71. The highest BCUT2D eigenvalue weighted by molar-refractivity contribution is 5.96. The molecular formula is C28H23N3O3.